The van der Waals surface area contributed by atoms with Crippen LogP contribution in [0.5, 0.6) is 11.5 Å². The Morgan fingerprint density at radius 3 is 2.67 bits per heavy atom. The van der Waals surface area contributed by atoms with Crippen molar-refractivity contribution in [2.24, 2.45) is 5.73 Å². The number of ether oxygens (including phenoxy) is 2. The van der Waals surface area contributed by atoms with E-state index < -0.39 is 5.54 Å². The van der Waals surface area contributed by atoms with Crippen LogP contribution in [0.2, 0.25) is 0 Å². The lowest BCUT2D eigenvalue weighted by molar-refractivity contribution is 0.172. The van der Waals surface area contributed by atoms with Crippen molar-refractivity contribution in [3.63, 3.8) is 0 Å². The van der Waals surface area contributed by atoms with Crippen molar-refractivity contribution in [3.8, 4) is 11.5 Å². The van der Waals surface area contributed by atoms with Crippen LogP contribution in [0, 0.1) is 0 Å². The Kier molecular flexibility index (Phi) is 2.45. The zero-order chi connectivity index (χ0) is 12.8. The maximum absolute atomic E-state index is 6.20. The minimum atomic E-state index is -0.443. The Labute approximate surface area is 105 Å². The number of aromatic amines is 1. The number of imidazole rings is 1. The first-order valence-corrected chi connectivity index (χ1v) is 6.19. The number of aromatic nitrogens is 2. The van der Waals surface area contributed by atoms with Gasteiger partial charge in [-0.2, -0.15) is 0 Å². The van der Waals surface area contributed by atoms with E-state index in [0.29, 0.717) is 13.2 Å². The number of benzene rings is 1. The van der Waals surface area contributed by atoms with Gasteiger partial charge < -0.3 is 20.2 Å². The highest BCUT2D eigenvalue weighted by Gasteiger charge is 2.24. The molecule has 0 aliphatic carbocycles. The van der Waals surface area contributed by atoms with E-state index in [4.69, 9.17) is 15.2 Å². The quantitative estimate of drug-likeness (QED) is 0.850. The van der Waals surface area contributed by atoms with E-state index in [-0.39, 0.29) is 0 Å². The molecule has 96 valence electrons. The van der Waals surface area contributed by atoms with Gasteiger partial charge in [-0.25, -0.2) is 4.98 Å². The second-order valence-corrected chi connectivity index (χ2v) is 4.87. The average molecular weight is 247 g/mol. The molecular formula is C13H17N3O2. The van der Waals surface area contributed by atoms with Gasteiger partial charge in [0.15, 0.2) is 11.5 Å². The minimum absolute atomic E-state index is 0.443. The molecule has 1 unspecified atom stereocenters. The van der Waals surface area contributed by atoms with Crippen LogP contribution in [0.4, 0.5) is 0 Å². The summed E-state index contributed by atoms with van der Waals surface area (Å²) in [5.41, 5.74) is 7.55. The Morgan fingerprint density at radius 2 is 2.00 bits per heavy atom. The summed E-state index contributed by atoms with van der Waals surface area (Å²) >= 11 is 0. The average Bonchev–Trinajstić information content (AvgIpc) is 2.79. The van der Waals surface area contributed by atoms with Crippen molar-refractivity contribution in [2.45, 2.75) is 25.8 Å². The molecule has 1 aliphatic heterocycles. The van der Waals surface area contributed by atoms with E-state index >= 15 is 0 Å². The first-order chi connectivity index (χ1) is 8.60. The molecule has 3 N–H and O–H groups in total. The maximum atomic E-state index is 6.20. The van der Waals surface area contributed by atoms with E-state index in [1.165, 1.54) is 0 Å². The summed E-state index contributed by atoms with van der Waals surface area (Å²) in [4.78, 5) is 7.81. The number of nitrogens with two attached hydrogens (primary N) is 1. The van der Waals surface area contributed by atoms with Crippen LogP contribution < -0.4 is 15.2 Å². The second kappa shape index (κ2) is 3.88. The van der Waals surface area contributed by atoms with Gasteiger partial charge in [-0.3, -0.25) is 0 Å². The number of nitrogens with one attached hydrogen (secondary N) is 1. The normalized spacial score (nSPS) is 17.7. The maximum Gasteiger partial charge on any atom is 0.163 e. The Hall–Kier alpha value is -1.75. The molecule has 1 aliphatic rings. The fourth-order valence-corrected chi connectivity index (χ4v) is 1.98. The first-order valence-electron chi connectivity index (χ1n) is 6.19. The summed E-state index contributed by atoms with van der Waals surface area (Å²) in [7, 11) is 0. The predicted octanol–water partition coefficient (Wildman–Crippen LogP) is 1.92. The summed E-state index contributed by atoms with van der Waals surface area (Å²) in [5, 5.41) is 0. The fraction of sp³-hybridized carbons (Fsp3) is 0.462. The van der Waals surface area contributed by atoms with Crippen LogP contribution in [-0.4, -0.2) is 23.2 Å². The summed E-state index contributed by atoms with van der Waals surface area (Å²) in [6.07, 6.45) is 0.819. The molecule has 0 saturated carbocycles. The van der Waals surface area contributed by atoms with Crippen molar-refractivity contribution >= 4 is 11.0 Å². The molecule has 5 nitrogen and oxygen atoms in total. The van der Waals surface area contributed by atoms with Crippen molar-refractivity contribution in [1.82, 2.24) is 9.97 Å². The lowest BCUT2D eigenvalue weighted by Gasteiger charge is -2.19. The van der Waals surface area contributed by atoms with Gasteiger partial charge in [0, 0.05) is 12.1 Å². The predicted molar refractivity (Wildman–Crippen MR) is 68.9 cm³/mol. The Morgan fingerprint density at radius 1 is 1.33 bits per heavy atom. The van der Waals surface area contributed by atoms with Gasteiger partial charge in [0.25, 0.3) is 0 Å². The topological polar surface area (TPSA) is 73.2 Å². The highest BCUT2D eigenvalue weighted by atomic mass is 16.6. The summed E-state index contributed by atoms with van der Waals surface area (Å²) in [5.74, 6) is 2.31. The van der Waals surface area contributed by atoms with Crippen molar-refractivity contribution in [3.05, 3.63) is 18.0 Å². The second-order valence-electron chi connectivity index (χ2n) is 4.87. The lowest BCUT2D eigenvalue weighted by Crippen LogP contribution is -2.33. The van der Waals surface area contributed by atoms with E-state index in [1.807, 2.05) is 26.0 Å². The van der Waals surface area contributed by atoms with Gasteiger partial charge in [0.1, 0.15) is 19.0 Å². The summed E-state index contributed by atoms with van der Waals surface area (Å²) in [6, 6.07) is 3.82. The third kappa shape index (κ3) is 1.71. The van der Waals surface area contributed by atoms with E-state index in [9.17, 15) is 0 Å². The zero-order valence-electron chi connectivity index (χ0n) is 10.6. The van der Waals surface area contributed by atoms with Crippen LogP contribution in [0.1, 0.15) is 26.1 Å². The molecule has 2 heterocycles. The fourth-order valence-electron chi connectivity index (χ4n) is 1.98. The minimum Gasteiger partial charge on any atom is -0.486 e. The third-order valence-corrected chi connectivity index (χ3v) is 3.42. The van der Waals surface area contributed by atoms with E-state index in [1.54, 1.807) is 0 Å². The van der Waals surface area contributed by atoms with Gasteiger partial charge in [-0.05, 0) is 13.3 Å². The molecular weight excluding hydrogens is 230 g/mol. The van der Waals surface area contributed by atoms with Crippen molar-refractivity contribution < 1.29 is 9.47 Å². The van der Waals surface area contributed by atoms with Crippen LogP contribution in [-0.2, 0) is 5.54 Å². The number of hydrogen-bond donors (Lipinski definition) is 2. The number of nitrogens with zero attached hydrogens (tertiary/aromatic N) is 1. The molecule has 3 rings (SSSR count). The van der Waals surface area contributed by atoms with Crippen molar-refractivity contribution in [1.29, 1.82) is 0 Å². The van der Waals surface area contributed by atoms with Gasteiger partial charge in [0.05, 0.1) is 16.6 Å². The highest BCUT2D eigenvalue weighted by Crippen LogP contribution is 2.34. The van der Waals surface area contributed by atoms with Crippen LogP contribution >= 0.6 is 0 Å². The van der Waals surface area contributed by atoms with Crippen LogP contribution in [0.15, 0.2) is 12.1 Å². The van der Waals surface area contributed by atoms with Gasteiger partial charge in [-0.1, -0.05) is 6.92 Å². The molecule has 1 aromatic carbocycles. The molecule has 1 aromatic heterocycles. The number of rotatable bonds is 2. The number of fused-ring (bicyclic) bond motifs is 2. The molecule has 5 heteroatoms. The third-order valence-electron chi connectivity index (χ3n) is 3.42. The molecule has 1 atom stereocenters. The van der Waals surface area contributed by atoms with Crippen LogP contribution in [0.3, 0.4) is 0 Å². The number of hydrogen-bond acceptors (Lipinski definition) is 4. The smallest absolute Gasteiger partial charge is 0.163 e. The standard InChI is InChI=1S/C13H17N3O2/c1-3-13(2,14)12-15-8-6-10-11(7-9(8)16-12)18-5-4-17-10/h6-7H,3-5,14H2,1-2H3,(H,15,16). The largest absolute Gasteiger partial charge is 0.486 e. The van der Waals surface area contributed by atoms with Gasteiger partial charge in [-0.15, -0.1) is 0 Å². The lowest BCUT2D eigenvalue weighted by atomic mass is 10.0. The molecule has 0 amide bonds. The first kappa shape index (κ1) is 11.3. The molecule has 18 heavy (non-hydrogen) atoms. The Balaban J connectivity index is 2.12. The SMILES string of the molecule is CCC(C)(N)c1nc2cc3c(cc2[nH]1)OCCO3. The van der Waals surface area contributed by atoms with E-state index in [2.05, 4.69) is 9.97 Å². The monoisotopic (exact) mass is 247 g/mol. The Bertz CT molecular complexity index is 546. The molecule has 0 saturated heterocycles. The van der Waals surface area contributed by atoms with Crippen LogP contribution in [0.25, 0.3) is 11.0 Å². The summed E-state index contributed by atoms with van der Waals surface area (Å²) < 4.78 is 11.1. The molecule has 2 aromatic rings. The molecule has 0 radical (unpaired) electrons. The molecule has 0 bridgehead atoms. The highest BCUT2D eigenvalue weighted by molar-refractivity contribution is 5.80. The van der Waals surface area contributed by atoms with Gasteiger partial charge in [0.2, 0.25) is 0 Å². The van der Waals surface area contributed by atoms with Crippen molar-refractivity contribution in [2.75, 3.05) is 13.2 Å². The summed E-state index contributed by atoms with van der Waals surface area (Å²) in [6.45, 7) is 5.18. The molecule has 0 fully saturated rings. The molecule has 0 spiro atoms. The van der Waals surface area contributed by atoms with E-state index in [0.717, 1.165) is 34.8 Å². The number of H-pyrrole nitrogens is 1. The van der Waals surface area contributed by atoms with Gasteiger partial charge >= 0.3 is 0 Å². The zero-order valence-corrected chi connectivity index (χ0v) is 10.6.